The molecule has 0 spiro atoms. The monoisotopic (exact) mass is 312 g/mol. The summed E-state index contributed by atoms with van der Waals surface area (Å²) in [7, 11) is 3.06. The molecule has 1 aliphatic heterocycles. The van der Waals surface area contributed by atoms with Crippen molar-refractivity contribution < 1.29 is 14.3 Å². The SMILES string of the molecule is COC(=O)C(C)CN(C)C(=O)c1ccc2c(c1)CNC2.Cl. The van der Waals surface area contributed by atoms with Gasteiger partial charge in [-0.2, -0.15) is 0 Å². The van der Waals surface area contributed by atoms with E-state index in [4.69, 9.17) is 0 Å². The summed E-state index contributed by atoms with van der Waals surface area (Å²) in [5.74, 6) is -0.705. The van der Waals surface area contributed by atoms with Crippen LogP contribution in [0.25, 0.3) is 0 Å². The zero-order chi connectivity index (χ0) is 14.7. The van der Waals surface area contributed by atoms with Crippen molar-refractivity contribution in [2.45, 2.75) is 20.0 Å². The highest BCUT2D eigenvalue weighted by Gasteiger charge is 2.20. The second-order valence-electron chi connectivity index (χ2n) is 5.20. The fraction of sp³-hybridized carbons (Fsp3) is 0.467. The van der Waals surface area contributed by atoms with Crippen LogP contribution < -0.4 is 5.32 Å². The van der Waals surface area contributed by atoms with E-state index in [9.17, 15) is 9.59 Å². The van der Waals surface area contributed by atoms with Gasteiger partial charge in [0.25, 0.3) is 5.91 Å². The fourth-order valence-corrected chi connectivity index (χ4v) is 2.42. The largest absolute Gasteiger partial charge is 0.469 e. The van der Waals surface area contributed by atoms with Gasteiger partial charge in [0, 0.05) is 32.2 Å². The molecule has 1 aliphatic rings. The number of halogens is 1. The lowest BCUT2D eigenvalue weighted by molar-refractivity contribution is -0.145. The molecule has 0 radical (unpaired) electrons. The second kappa shape index (κ2) is 7.43. The zero-order valence-corrected chi connectivity index (χ0v) is 13.3. The molecule has 1 unspecified atom stereocenters. The van der Waals surface area contributed by atoms with Crippen LogP contribution in [-0.4, -0.2) is 37.5 Å². The number of carbonyl (C=O) groups excluding carboxylic acids is 2. The highest BCUT2D eigenvalue weighted by atomic mass is 35.5. The molecule has 0 aromatic heterocycles. The normalized spacial score (nSPS) is 13.9. The van der Waals surface area contributed by atoms with Crippen molar-refractivity contribution in [3.05, 3.63) is 34.9 Å². The lowest BCUT2D eigenvalue weighted by atomic mass is 10.1. The first-order valence-corrected chi connectivity index (χ1v) is 6.68. The summed E-state index contributed by atoms with van der Waals surface area (Å²) in [6, 6.07) is 5.75. The maximum absolute atomic E-state index is 12.3. The van der Waals surface area contributed by atoms with E-state index in [1.54, 1.807) is 18.9 Å². The van der Waals surface area contributed by atoms with Crippen LogP contribution in [0.4, 0.5) is 0 Å². The number of hydrogen-bond donors (Lipinski definition) is 1. The Kier molecular flexibility index (Phi) is 6.18. The van der Waals surface area contributed by atoms with Crippen molar-refractivity contribution in [1.82, 2.24) is 10.2 Å². The fourth-order valence-electron chi connectivity index (χ4n) is 2.42. The average molecular weight is 313 g/mol. The molecule has 2 rings (SSSR count). The minimum atomic E-state index is -0.329. The summed E-state index contributed by atoms with van der Waals surface area (Å²) < 4.78 is 4.67. The molecular weight excluding hydrogens is 292 g/mol. The first-order chi connectivity index (χ1) is 9.52. The van der Waals surface area contributed by atoms with E-state index in [1.807, 2.05) is 18.2 Å². The Morgan fingerprint density at radius 2 is 2.00 bits per heavy atom. The molecule has 0 saturated heterocycles. The van der Waals surface area contributed by atoms with Gasteiger partial charge in [-0.05, 0) is 23.3 Å². The summed E-state index contributed by atoms with van der Waals surface area (Å²) in [4.78, 5) is 25.3. The van der Waals surface area contributed by atoms with Crippen molar-refractivity contribution in [3.8, 4) is 0 Å². The highest BCUT2D eigenvalue weighted by molar-refractivity contribution is 5.94. The number of carbonyl (C=O) groups is 2. The van der Waals surface area contributed by atoms with E-state index in [0.717, 1.165) is 13.1 Å². The van der Waals surface area contributed by atoms with Crippen LogP contribution in [0.15, 0.2) is 18.2 Å². The van der Waals surface area contributed by atoms with Crippen LogP contribution in [0.5, 0.6) is 0 Å². The van der Waals surface area contributed by atoms with E-state index in [-0.39, 0.29) is 30.2 Å². The lowest BCUT2D eigenvalue weighted by Gasteiger charge is -2.20. The van der Waals surface area contributed by atoms with E-state index in [0.29, 0.717) is 12.1 Å². The number of esters is 1. The summed E-state index contributed by atoms with van der Waals surface area (Å²) in [6.45, 7) is 3.76. The van der Waals surface area contributed by atoms with Crippen LogP contribution in [0, 0.1) is 5.92 Å². The van der Waals surface area contributed by atoms with Gasteiger partial charge in [0.2, 0.25) is 0 Å². The number of hydrogen-bond acceptors (Lipinski definition) is 4. The summed E-state index contributed by atoms with van der Waals surface area (Å²) in [5, 5.41) is 3.25. The topological polar surface area (TPSA) is 58.6 Å². The van der Waals surface area contributed by atoms with Gasteiger partial charge < -0.3 is 15.0 Å². The molecule has 1 N–H and O–H groups in total. The molecule has 1 aromatic rings. The predicted octanol–water partition coefficient (Wildman–Crippen LogP) is 1.59. The third-order valence-electron chi connectivity index (χ3n) is 3.58. The Morgan fingerprint density at radius 3 is 2.67 bits per heavy atom. The maximum atomic E-state index is 12.3. The van der Waals surface area contributed by atoms with Crippen molar-refractivity contribution >= 4 is 24.3 Å². The smallest absolute Gasteiger partial charge is 0.310 e. The van der Waals surface area contributed by atoms with Crippen LogP contribution in [-0.2, 0) is 22.6 Å². The van der Waals surface area contributed by atoms with Gasteiger partial charge in [0.1, 0.15) is 0 Å². The van der Waals surface area contributed by atoms with Crippen LogP contribution in [0.2, 0.25) is 0 Å². The predicted molar refractivity (Wildman–Crippen MR) is 82.4 cm³/mol. The van der Waals surface area contributed by atoms with Crippen molar-refractivity contribution in [2.24, 2.45) is 5.92 Å². The van der Waals surface area contributed by atoms with Crippen LogP contribution in [0.1, 0.15) is 28.4 Å². The first-order valence-electron chi connectivity index (χ1n) is 6.68. The van der Waals surface area contributed by atoms with Crippen molar-refractivity contribution in [2.75, 3.05) is 20.7 Å². The molecular formula is C15H21ClN2O3. The molecule has 0 aliphatic carbocycles. The van der Waals surface area contributed by atoms with Gasteiger partial charge in [-0.3, -0.25) is 9.59 Å². The Hall–Kier alpha value is -1.59. The van der Waals surface area contributed by atoms with Gasteiger partial charge in [-0.15, -0.1) is 12.4 Å². The lowest BCUT2D eigenvalue weighted by Crippen LogP contribution is -2.34. The molecule has 0 bridgehead atoms. The van der Waals surface area contributed by atoms with Crippen LogP contribution >= 0.6 is 12.4 Å². The van der Waals surface area contributed by atoms with Gasteiger partial charge in [0.15, 0.2) is 0 Å². The molecule has 5 nitrogen and oxygen atoms in total. The molecule has 1 aromatic carbocycles. The zero-order valence-electron chi connectivity index (χ0n) is 12.5. The average Bonchev–Trinajstić information content (AvgIpc) is 2.92. The third-order valence-corrected chi connectivity index (χ3v) is 3.58. The van der Waals surface area contributed by atoms with Gasteiger partial charge in [-0.25, -0.2) is 0 Å². The number of benzene rings is 1. The van der Waals surface area contributed by atoms with E-state index in [2.05, 4.69) is 10.1 Å². The van der Waals surface area contributed by atoms with E-state index in [1.165, 1.54) is 18.2 Å². The molecule has 21 heavy (non-hydrogen) atoms. The number of nitrogens with one attached hydrogen (secondary N) is 1. The van der Waals surface area contributed by atoms with Gasteiger partial charge >= 0.3 is 5.97 Å². The van der Waals surface area contributed by atoms with E-state index >= 15 is 0 Å². The molecule has 1 atom stereocenters. The second-order valence-corrected chi connectivity index (χ2v) is 5.20. The van der Waals surface area contributed by atoms with Crippen molar-refractivity contribution in [1.29, 1.82) is 0 Å². The van der Waals surface area contributed by atoms with Gasteiger partial charge in [0.05, 0.1) is 13.0 Å². The van der Waals surface area contributed by atoms with Crippen LogP contribution in [0.3, 0.4) is 0 Å². The molecule has 0 fully saturated rings. The Balaban J connectivity index is 0.00000220. The van der Waals surface area contributed by atoms with Gasteiger partial charge in [-0.1, -0.05) is 13.0 Å². The molecule has 116 valence electrons. The number of amides is 1. The minimum Gasteiger partial charge on any atom is -0.469 e. The van der Waals surface area contributed by atoms with E-state index < -0.39 is 0 Å². The Morgan fingerprint density at radius 1 is 1.33 bits per heavy atom. The quantitative estimate of drug-likeness (QED) is 0.858. The highest BCUT2D eigenvalue weighted by Crippen LogP contribution is 2.18. The molecule has 1 amide bonds. The molecule has 6 heteroatoms. The number of nitrogens with zero attached hydrogens (tertiary/aromatic N) is 1. The summed E-state index contributed by atoms with van der Waals surface area (Å²) in [6.07, 6.45) is 0. The Labute approximate surface area is 131 Å². The number of methoxy groups -OCH3 is 1. The summed E-state index contributed by atoms with van der Waals surface area (Å²) in [5.41, 5.74) is 3.07. The Bertz CT molecular complexity index is 534. The number of fused-ring (bicyclic) bond motifs is 1. The maximum Gasteiger partial charge on any atom is 0.310 e. The molecule has 0 saturated carbocycles. The first kappa shape index (κ1) is 17.5. The van der Waals surface area contributed by atoms with Crippen molar-refractivity contribution in [3.63, 3.8) is 0 Å². The summed E-state index contributed by atoms with van der Waals surface area (Å²) >= 11 is 0. The minimum absolute atomic E-state index is 0. The standard InChI is InChI=1S/C15H20N2O3.ClH/c1-10(15(19)20-3)9-17(2)14(18)11-4-5-12-7-16-8-13(12)6-11;/h4-6,10,16H,7-9H2,1-3H3;1H. The number of rotatable bonds is 4. The number of ether oxygens (including phenoxy) is 1. The third kappa shape index (κ3) is 3.95. The molecule has 1 heterocycles.